The summed E-state index contributed by atoms with van der Waals surface area (Å²) in [5.41, 5.74) is 4.01. The van der Waals surface area contributed by atoms with Crippen LogP contribution in [0.25, 0.3) is 17.1 Å². The Morgan fingerprint density at radius 1 is 0.892 bits per heavy atom. The number of rotatable bonds is 12. The number of fused-ring (bicyclic) bond motifs is 1. The first kappa shape index (κ1) is 25.9. The number of carbonyl (C=O) groups is 2. The Balaban J connectivity index is 1.27. The molecule has 1 heterocycles. The summed E-state index contributed by atoms with van der Waals surface area (Å²) in [5.74, 6) is 0.904. The summed E-state index contributed by atoms with van der Waals surface area (Å²) < 4.78 is 2.05. The third kappa shape index (κ3) is 7.64. The fourth-order valence-corrected chi connectivity index (χ4v) is 4.29. The molecule has 3 aromatic carbocycles. The third-order valence-corrected chi connectivity index (χ3v) is 6.32. The number of aromatic nitrogens is 2. The maximum Gasteiger partial charge on any atom is 0.243 e. The lowest BCUT2D eigenvalue weighted by atomic mass is 10.2. The predicted molar refractivity (Wildman–Crippen MR) is 149 cm³/mol. The van der Waals surface area contributed by atoms with Gasteiger partial charge in [0.1, 0.15) is 12.4 Å². The molecule has 0 saturated heterocycles. The molecule has 0 radical (unpaired) electrons. The molecule has 0 atom stereocenters. The highest BCUT2D eigenvalue weighted by atomic mass is 16.2. The van der Waals surface area contributed by atoms with E-state index in [1.54, 1.807) is 11.0 Å². The number of likely N-dealkylation sites (N-methyl/N-ethyl adjacent to an activating group) is 1. The van der Waals surface area contributed by atoms with Crippen molar-refractivity contribution in [3.63, 3.8) is 0 Å². The van der Waals surface area contributed by atoms with E-state index >= 15 is 0 Å². The Bertz CT molecular complexity index is 1330. The molecule has 0 spiro atoms. The molecule has 2 amide bonds. The Kier molecular flexibility index (Phi) is 9.24. The van der Waals surface area contributed by atoms with Crippen molar-refractivity contribution in [1.82, 2.24) is 19.8 Å². The van der Waals surface area contributed by atoms with Gasteiger partial charge in [-0.05, 0) is 42.2 Å². The van der Waals surface area contributed by atoms with Crippen LogP contribution >= 0.6 is 0 Å². The number of aryl methyl sites for hydroxylation is 1. The summed E-state index contributed by atoms with van der Waals surface area (Å²) in [7, 11) is 1.84. The van der Waals surface area contributed by atoms with Gasteiger partial charge in [0, 0.05) is 32.6 Å². The van der Waals surface area contributed by atoms with Gasteiger partial charge in [0.25, 0.3) is 0 Å². The Labute approximate surface area is 218 Å². The second-order valence-electron chi connectivity index (χ2n) is 9.18. The number of unbranched alkanes of at least 4 members (excludes halogenated alkanes) is 2. The fraction of sp³-hybridized carbons (Fsp3) is 0.258. The van der Waals surface area contributed by atoms with Crippen LogP contribution in [-0.2, 0) is 29.1 Å². The van der Waals surface area contributed by atoms with Crippen LogP contribution in [0.4, 0.5) is 0 Å². The number of amides is 2. The molecule has 0 aliphatic heterocycles. The van der Waals surface area contributed by atoms with Crippen molar-refractivity contribution in [2.75, 3.05) is 13.6 Å². The van der Waals surface area contributed by atoms with Gasteiger partial charge >= 0.3 is 0 Å². The molecule has 0 aliphatic rings. The van der Waals surface area contributed by atoms with E-state index in [9.17, 15) is 9.59 Å². The van der Waals surface area contributed by atoms with Crippen molar-refractivity contribution in [1.29, 1.82) is 0 Å². The molecule has 0 unspecified atom stereocenters. The van der Waals surface area contributed by atoms with Crippen LogP contribution in [0.5, 0.6) is 0 Å². The van der Waals surface area contributed by atoms with Crippen molar-refractivity contribution in [3.8, 4) is 0 Å². The number of benzene rings is 3. The predicted octanol–water partition coefficient (Wildman–Crippen LogP) is 5.24. The molecule has 6 nitrogen and oxygen atoms in total. The van der Waals surface area contributed by atoms with Crippen molar-refractivity contribution in [2.24, 2.45) is 0 Å². The minimum Gasteiger partial charge on any atom is -0.353 e. The number of imidazole rings is 1. The molecule has 4 aromatic rings. The van der Waals surface area contributed by atoms with Crippen LogP contribution in [-0.4, -0.2) is 39.9 Å². The highest BCUT2D eigenvalue weighted by Gasteiger charge is 2.16. The van der Waals surface area contributed by atoms with Crippen molar-refractivity contribution in [3.05, 3.63) is 108 Å². The molecule has 190 valence electrons. The number of nitrogens with zero attached hydrogens (tertiary/aromatic N) is 3. The number of nitrogens with one attached hydrogen (secondary N) is 1. The standard InChI is InChI=1S/C31H34N4O2/c1-34(23-26-15-7-3-8-16-26)31(37)24-35-28-18-11-10-17-27(28)33-29(35)19-9-4-12-22-32-30(36)21-20-25-13-5-2-6-14-25/h2-3,5-8,10-11,13-18,20-21H,4,9,12,19,22-24H2,1H3,(H,32,36)/b21-20+. The quantitative estimate of drug-likeness (QED) is 0.216. The van der Waals surface area contributed by atoms with Gasteiger partial charge in [-0.2, -0.15) is 0 Å². The van der Waals surface area contributed by atoms with Gasteiger partial charge in [-0.15, -0.1) is 0 Å². The summed E-state index contributed by atoms with van der Waals surface area (Å²) in [6.07, 6.45) is 6.97. The average Bonchev–Trinajstić information content (AvgIpc) is 3.27. The van der Waals surface area contributed by atoms with Gasteiger partial charge in [-0.25, -0.2) is 4.98 Å². The lowest BCUT2D eigenvalue weighted by molar-refractivity contribution is -0.131. The van der Waals surface area contributed by atoms with Gasteiger partial charge in [0.15, 0.2) is 0 Å². The summed E-state index contributed by atoms with van der Waals surface area (Å²) >= 11 is 0. The summed E-state index contributed by atoms with van der Waals surface area (Å²) in [6, 6.07) is 27.8. The van der Waals surface area contributed by atoms with Crippen molar-refractivity contribution >= 4 is 28.9 Å². The van der Waals surface area contributed by atoms with Crippen LogP contribution in [0.1, 0.15) is 36.2 Å². The average molecular weight is 495 g/mol. The Morgan fingerprint density at radius 2 is 1.59 bits per heavy atom. The third-order valence-electron chi connectivity index (χ3n) is 6.32. The van der Waals surface area contributed by atoms with E-state index in [-0.39, 0.29) is 18.4 Å². The topological polar surface area (TPSA) is 67.2 Å². The Hall–Kier alpha value is -4.19. The van der Waals surface area contributed by atoms with E-state index in [4.69, 9.17) is 4.98 Å². The lowest BCUT2D eigenvalue weighted by Gasteiger charge is -2.19. The van der Waals surface area contributed by atoms with Gasteiger partial charge in [-0.1, -0.05) is 79.2 Å². The highest BCUT2D eigenvalue weighted by molar-refractivity contribution is 5.91. The van der Waals surface area contributed by atoms with Crippen molar-refractivity contribution < 1.29 is 9.59 Å². The highest BCUT2D eigenvalue weighted by Crippen LogP contribution is 2.18. The maximum absolute atomic E-state index is 13.1. The number of para-hydroxylation sites is 2. The fourth-order valence-electron chi connectivity index (χ4n) is 4.29. The van der Waals surface area contributed by atoms with E-state index in [2.05, 4.69) is 9.88 Å². The molecule has 0 saturated carbocycles. The van der Waals surface area contributed by atoms with Crippen LogP contribution in [0.2, 0.25) is 0 Å². The smallest absolute Gasteiger partial charge is 0.243 e. The minimum absolute atomic E-state index is 0.0551. The van der Waals surface area contributed by atoms with Gasteiger partial charge in [0.05, 0.1) is 11.0 Å². The zero-order chi connectivity index (χ0) is 25.9. The maximum atomic E-state index is 13.1. The van der Waals surface area contributed by atoms with E-state index < -0.39 is 0 Å². The lowest BCUT2D eigenvalue weighted by Crippen LogP contribution is -2.30. The van der Waals surface area contributed by atoms with Gasteiger partial charge < -0.3 is 14.8 Å². The second kappa shape index (κ2) is 13.2. The molecule has 0 fully saturated rings. The van der Waals surface area contributed by atoms with E-state index in [1.165, 1.54) is 0 Å². The van der Waals surface area contributed by atoms with Gasteiger partial charge in [0.2, 0.25) is 11.8 Å². The molecule has 1 aromatic heterocycles. The van der Waals surface area contributed by atoms with Crippen molar-refractivity contribution in [2.45, 2.75) is 38.8 Å². The van der Waals surface area contributed by atoms with E-state index in [0.717, 1.165) is 53.7 Å². The first-order valence-electron chi connectivity index (χ1n) is 12.8. The second-order valence-corrected chi connectivity index (χ2v) is 9.18. The molecule has 0 aliphatic carbocycles. The number of hydrogen-bond acceptors (Lipinski definition) is 3. The first-order chi connectivity index (χ1) is 18.1. The van der Waals surface area contributed by atoms with Crippen LogP contribution in [0.3, 0.4) is 0 Å². The SMILES string of the molecule is CN(Cc1ccccc1)C(=O)Cn1c(CCCCCNC(=O)/C=C/c2ccccc2)nc2ccccc21. The van der Waals surface area contributed by atoms with Crippen LogP contribution < -0.4 is 5.32 Å². The number of carbonyl (C=O) groups excluding carboxylic acids is 2. The van der Waals surface area contributed by atoms with E-state index in [1.807, 2.05) is 98.1 Å². The monoisotopic (exact) mass is 494 g/mol. The molecular formula is C31H34N4O2. The van der Waals surface area contributed by atoms with Gasteiger partial charge in [-0.3, -0.25) is 9.59 Å². The summed E-state index contributed by atoms with van der Waals surface area (Å²) in [6.45, 7) is 1.48. The normalized spacial score (nSPS) is 11.2. The van der Waals surface area contributed by atoms with E-state index in [0.29, 0.717) is 13.1 Å². The largest absolute Gasteiger partial charge is 0.353 e. The zero-order valence-electron chi connectivity index (χ0n) is 21.3. The Morgan fingerprint density at radius 3 is 2.38 bits per heavy atom. The van der Waals surface area contributed by atoms with Crippen LogP contribution in [0.15, 0.2) is 91.0 Å². The first-order valence-corrected chi connectivity index (χ1v) is 12.8. The molecular weight excluding hydrogens is 460 g/mol. The molecule has 0 bridgehead atoms. The molecule has 37 heavy (non-hydrogen) atoms. The van der Waals surface area contributed by atoms with Crippen LogP contribution in [0, 0.1) is 0 Å². The molecule has 6 heteroatoms. The summed E-state index contributed by atoms with van der Waals surface area (Å²) in [4.78, 5) is 31.7. The summed E-state index contributed by atoms with van der Waals surface area (Å²) in [5, 5.41) is 2.95. The molecule has 4 rings (SSSR count). The zero-order valence-corrected chi connectivity index (χ0v) is 21.3. The molecule has 1 N–H and O–H groups in total. The minimum atomic E-state index is -0.0798. The number of hydrogen-bond donors (Lipinski definition) is 1.